The summed E-state index contributed by atoms with van der Waals surface area (Å²) in [7, 11) is 1.56. The maximum absolute atomic E-state index is 12.8. The largest absolute Gasteiger partial charge is 0.416 e. The molecule has 0 amide bonds. The molecule has 7 nitrogen and oxygen atoms in total. The van der Waals surface area contributed by atoms with E-state index in [1.54, 1.807) is 37.4 Å². The van der Waals surface area contributed by atoms with Gasteiger partial charge in [0.05, 0.1) is 15.4 Å². The van der Waals surface area contributed by atoms with Crippen molar-refractivity contribution in [1.29, 1.82) is 0 Å². The number of aliphatic hydroxyl groups is 1. The van der Waals surface area contributed by atoms with Crippen molar-refractivity contribution in [2.45, 2.75) is 22.3 Å². The first kappa shape index (κ1) is 19.8. The highest BCUT2D eigenvalue weighted by atomic mass is 32.2. The predicted octanol–water partition coefficient (Wildman–Crippen LogP) is 3.98. The highest BCUT2D eigenvalue weighted by Gasteiger charge is 2.33. The van der Waals surface area contributed by atoms with E-state index >= 15 is 0 Å². The summed E-state index contributed by atoms with van der Waals surface area (Å²) in [5.41, 5.74) is -1.22. The molecule has 146 valence electrons. The normalized spacial score (nSPS) is 12.8. The molecule has 0 fully saturated rings. The zero-order chi connectivity index (χ0) is 20.5. The van der Waals surface area contributed by atoms with Crippen LogP contribution in [0.5, 0.6) is 0 Å². The Balaban J connectivity index is 1.93. The summed E-state index contributed by atoms with van der Waals surface area (Å²) in [6.45, 7) is 0. The Morgan fingerprint density at radius 1 is 1.18 bits per heavy atom. The minimum absolute atomic E-state index is 0.0192. The lowest BCUT2D eigenvalue weighted by atomic mass is 10.1. The maximum atomic E-state index is 12.8. The highest BCUT2D eigenvalue weighted by molar-refractivity contribution is 7.99. The molecule has 0 bridgehead atoms. The van der Waals surface area contributed by atoms with Crippen LogP contribution in [0.3, 0.4) is 0 Å². The molecule has 0 saturated carbocycles. The van der Waals surface area contributed by atoms with Crippen LogP contribution in [0.25, 0.3) is 0 Å². The van der Waals surface area contributed by atoms with E-state index in [1.165, 1.54) is 4.57 Å². The van der Waals surface area contributed by atoms with Crippen molar-refractivity contribution in [1.82, 2.24) is 14.8 Å². The molecule has 2 aromatic carbocycles. The fourth-order valence-corrected chi connectivity index (χ4v) is 3.34. The molecule has 0 aliphatic heterocycles. The van der Waals surface area contributed by atoms with Gasteiger partial charge in [0, 0.05) is 13.1 Å². The molecule has 1 atom stereocenters. The first-order valence-corrected chi connectivity index (χ1v) is 8.66. The van der Waals surface area contributed by atoms with Gasteiger partial charge in [0.25, 0.3) is 5.69 Å². The molecule has 0 aliphatic rings. The zero-order valence-corrected chi connectivity index (χ0v) is 15.1. The summed E-state index contributed by atoms with van der Waals surface area (Å²) < 4.78 is 39.9. The van der Waals surface area contributed by atoms with Crippen LogP contribution >= 0.6 is 11.8 Å². The van der Waals surface area contributed by atoms with Crippen LogP contribution in [0.4, 0.5) is 18.9 Å². The Bertz CT molecular complexity index is 1010. The summed E-state index contributed by atoms with van der Waals surface area (Å²) in [6, 6.07) is 11.0. The Labute approximate surface area is 161 Å². The molecule has 1 heterocycles. The van der Waals surface area contributed by atoms with Gasteiger partial charge in [-0.2, -0.15) is 13.2 Å². The van der Waals surface area contributed by atoms with Gasteiger partial charge in [-0.15, -0.1) is 10.2 Å². The average Bonchev–Trinajstić information content (AvgIpc) is 3.01. The summed E-state index contributed by atoms with van der Waals surface area (Å²) >= 11 is 0.791. The molecule has 0 radical (unpaired) electrons. The number of alkyl halides is 3. The van der Waals surface area contributed by atoms with E-state index in [1.807, 2.05) is 0 Å². The third kappa shape index (κ3) is 3.99. The predicted molar refractivity (Wildman–Crippen MR) is 93.7 cm³/mol. The molecule has 3 rings (SSSR count). The lowest BCUT2D eigenvalue weighted by molar-refractivity contribution is -0.388. The first-order valence-electron chi connectivity index (χ1n) is 7.84. The van der Waals surface area contributed by atoms with E-state index < -0.39 is 28.5 Å². The zero-order valence-electron chi connectivity index (χ0n) is 14.3. The third-order valence-corrected chi connectivity index (χ3v) is 5.02. The monoisotopic (exact) mass is 410 g/mol. The number of benzene rings is 2. The highest BCUT2D eigenvalue weighted by Crippen LogP contribution is 2.39. The Kier molecular flexibility index (Phi) is 5.38. The van der Waals surface area contributed by atoms with Gasteiger partial charge in [0.1, 0.15) is 6.10 Å². The molecule has 0 unspecified atom stereocenters. The van der Waals surface area contributed by atoms with Gasteiger partial charge in [0.15, 0.2) is 11.0 Å². The number of aromatic nitrogens is 3. The quantitative estimate of drug-likeness (QED) is 0.505. The standard InChI is InChI=1S/C17H13F3N4O3S/c1-23-15(14(25)10-5-3-2-4-6-10)21-22-16(23)28-13-8-7-11(17(18,19)20)9-12(13)24(26)27/h2-9,14,25H,1H3/t14-/m0/s1. The third-order valence-electron chi connectivity index (χ3n) is 3.91. The maximum Gasteiger partial charge on any atom is 0.416 e. The average molecular weight is 410 g/mol. The summed E-state index contributed by atoms with van der Waals surface area (Å²) in [4.78, 5) is 10.3. The fraction of sp³-hybridized carbons (Fsp3) is 0.176. The second kappa shape index (κ2) is 7.60. The summed E-state index contributed by atoms with van der Waals surface area (Å²) in [6.07, 6.45) is -5.76. The molecular weight excluding hydrogens is 397 g/mol. The number of rotatable bonds is 5. The van der Waals surface area contributed by atoms with Crippen molar-refractivity contribution in [2.75, 3.05) is 0 Å². The number of halogens is 3. The molecule has 0 saturated heterocycles. The first-order chi connectivity index (χ1) is 13.2. The van der Waals surface area contributed by atoms with Crippen molar-refractivity contribution in [2.24, 2.45) is 7.05 Å². The molecular formula is C17H13F3N4O3S. The van der Waals surface area contributed by atoms with Crippen LogP contribution in [0.2, 0.25) is 0 Å². The van der Waals surface area contributed by atoms with Gasteiger partial charge < -0.3 is 9.67 Å². The van der Waals surface area contributed by atoms with Gasteiger partial charge in [-0.25, -0.2) is 0 Å². The Morgan fingerprint density at radius 3 is 2.46 bits per heavy atom. The number of nitro groups is 1. The van der Waals surface area contributed by atoms with Crippen molar-refractivity contribution in [3.05, 3.63) is 75.6 Å². The van der Waals surface area contributed by atoms with E-state index in [4.69, 9.17) is 0 Å². The van der Waals surface area contributed by atoms with Gasteiger partial charge in [0.2, 0.25) is 0 Å². The van der Waals surface area contributed by atoms with Crippen molar-refractivity contribution in [3.8, 4) is 0 Å². The molecule has 0 aliphatic carbocycles. The van der Waals surface area contributed by atoms with Crippen LogP contribution in [-0.4, -0.2) is 24.8 Å². The molecule has 1 N–H and O–H groups in total. The molecule has 0 spiro atoms. The van der Waals surface area contributed by atoms with Gasteiger partial charge >= 0.3 is 6.18 Å². The van der Waals surface area contributed by atoms with Crippen LogP contribution in [0.1, 0.15) is 23.1 Å². The number of hydrogen-bond acceptors (Lipinski definition) is 6. The van der Waals surface area contributed by atoms with Gasteiger partial charge in [-0.1, -0.05) is 30.3 Å². The topological polar surface area (TPSA) is 94.1 Å². The molecule has 1 aromatic heterocycles. The van der Waals surface area contributed by atoms with E-state index in [0.29, 0.717) is 11.6 Å². The van der Waals surface area contributed by atoms with Gasteiger partial charge in [-0.3, -0.25) is 10.1 Å². The Morgan fingerprint density at radius 2 is 1.86 bits per heavy atom. The summed E-state index contributed by atoms with van der Waals surface area (Å²) in [5, 5.41) is 29.7. The van der Waals surface area contributed by atoms with E-state index in [-0.39, 0.29) is 15.9 Å². The number of nitrogens with zero attached hydrogens (tertiary/aromatic N) is 4. The number of aliphatic hydroxyl groups excluding tert-OH is 1. The Hall–Kier alpha value is -2.92. The lowest BCUT2D eigenvalue weighted by Crippen LogP contribution is -2.08. The van der Waals surface area contributed by atoms with E-state index in [9.17, 15) is 28.4 Å². The fourth-order valence-electron chi connectivity index (χ4n) is 2.46. The summed E-state index contributed by atoms with van der Waals surface area (Å²) in [5.74, 6) is 0.197. The lowest BCUT2D eigenvalue weighted by Gasteiger charge is -2.11. The van der Waals surface area contributed by atoms with Crippen molar-refractivity contribution >= 4 is 17.4 Å². The minimum atomic E-state index is -4.69. The van der Waals surface area contributed by atoms with Gasteiger partial charge in [-0.05, 0) is 29.5 Å². The molecule has 11 heteroatoms. The van der Waals surface area contributed by atoms with Crippen molar-refractivity contribution < 1.29 is 23.2 Å². The van der Waals surface area contributed by atoms with Crippen LogP contribution in [0, 0.1) is 10.1 Å². The molecule has 3 aromatic rings. The second-order valence-corrected chi connectivity index (χ2v) is 6.76. The van der Waals surface area contributed by atoms with Crippen molar-refractivity contribution in [3.63, 3.8) is 0 Å². The minimum Gasteiger partial charge on any atom is -0.380 e. The molecule has 28 heavy (non-hydrogen) atoms. The van der Waals surface area contributed by atoms with E-state index in [0.717, 1.165) is 23.9 Å². The number of hydrogen-bond donors (Lipinski definition) is 1. The van der Waals surface area contributed by atoms with Crippen LogP contribution < -0.4 is 0 Å². The second-order valence-electron chi connectivity index (χ2n) is 5.75. The van der Waals surface area contributed by atoms with E-state index in [2.05, 4.69) is 10.2 Å². The smallest absolute Gasteiger partial charge is 0.380 e. The van der Waals surface area contributed by atoms with Crippen LogP contribution in [-0.2, 0) is 13.2 Å². The van der Waals surface area contributed by atoms with Crippen LogP contribution in [0.15, 0.2) is 58.6 Å². The number of nitro benzene ring substituents is 1. The SMILES string of the molecule is Cn1c(Sc2ccc(C(F)(F)F)cc2[N+](=O)[O-])nnc1[C@@H](O)c1ccccc1.